The van der Waals surface area contributed by atoms with Crippen LogP contribution < -0.4 is 10.1 Å². The van der Waals surface area contributed by atoms with E-state index in [4.69, 9.17) is 10.00 Å². The fourth-order valence-corrected chi connectivity index (χ4v) is 2.12. The van der Waals surface area contributed by atoms with Crippen molar-refractivity contribution < 1.29 is 24.0 Å². The lowest BCUT2D eigenvalue weighted by molar-refractivity contribution is -0.386. The van der Waals surface area contributed by atoms with E-state index in [-0.39, 0.29) is 11.3 Å². The van der Waals surface area contributed by atoms with Crippen molar-refractivity contribution in [2.45, 2.75) is 13.0 Å². The molecular formula is C18H15N3O6. The van der Waals surface area contributed by atoms with Gasteiger partial charge in [-0.3, -0.25) is 14.9 Å². The van der Waals surface area contributed by atoms with E-state index in [0.717, 1.165) is 13.2 Å². The molecule has 9 heteroatoms. The minimum absolute atomic E-state index is 0.00811. The molecule has 1 atom stereocenters. The van der Waals surface area contributed by atoms with Gasteiger partial charge in [0.1, 0.15) is 0 Å². The van der Waals surface area contributed by atoms with Gasteiger partial charge in [-0.1, -0.05) is 0 Å². The van der Waals surface area contributed by atoms with Gasteiger partial charge in [0.2, 0.25) is 0 Å². The van der Waals surface area contributed by atoms with E-state index in [0.29, 0.717) is 11.3 Å². The number of nitro groups is 1. The van der Waals surface area contributed by atoms with Crippen LogP contribution in [0.25, 0.3) is 0 Å². The zero-order valence-electron chi connectivity index (χ0n) is 14.5. The molecule has 2 aromatic rings. The maximum absolute atomic E-state index is 12.2. The van der Waals surface area contributed by atoms with E-state index in [2.05, 4.69) is 10.1 Å². The molecule has 1 amide bonds. The molecule has 0 bridgehead atoms. The van der Waals surface area contributed by atoms with Crippen LogP contribution >= 0.6 is 0 Å². The van der Waals surface area contributed by atoms with E-state index in [9.17, 15) is 19.7 Å². The Morgan fingerprint density at radius 2 is 1.89 bits per heavy atom. The van der Waals surface area contributed by atoms with Crippen LogP contribution in [0.2, 0.25) is 0 Å². The number of nitro benzene ring substituents is 1. The molecule has 2 rings (SSSR count). The van der Waals surface area contributed by atoms with Gasteiger partial charge in [-0.2, -0.15) is 5.26 Å². The Morgan fingerprint density at radius 3 is 2.44 bits per heavy atom. The predicted octanol–water partition coefficient (Wildman–Crippen LogP) is 2.66. The van der Waals surface area contributed by atoms with Crippen molar-refractivity contribution >= 4 is 23.3 Å². The van der Waals surface area contributed by atoms with E-state index in [1.165, 1.54) is 31.2 Å². The highest BCUT2D eigenvalue weighted by atomic mass is 16.6. The zero-order valence-corrected chi connectivity index (χ0v) is 14.5. The molecule has 0 fully saturated rings. The number of rotatable bonds is 6. The average molecular weight is 369 g/mol. The van der Waals surface area contributed by atoms with Gasteiger partial charge in [0.05, 0.1) is 29.2 Å². The summed E-state index contributed by atoms with van der Waals surface area (Å²) in [7, 11) is 1.16. The van der Waals surface area contributed by atoms with Gasteiger partial charge in [0, 0.05) is 11.8 Å². The number of hydrogen-bond acceptors (Lipinski definition) is 7. The summed E-state index contributed by atoms with van der Waals surface area (Å²) >= 11 is 0. The van der Waals surface area contributed by atoms with E-state index in [1.807, 2.05) is 6.07 Å². The molecule has 0 radical (unpaired) electrons. The molecule has 0 heterocycles. The van der Waals surface area contributed by atoms with Gasteiger partial charge < -0.3 is 14.8 Å². The Kier molecular flexibility index (Phi) is 6.06. The third-order valence-electron chi connectivity index (χ3n) is 3.53. The molecule has 0 saturated carbocycles. The van der Waals surface area contributed by atoms with Gasteiger partial charge >= 0.3 is 11.7 Å². The third kappa shape index (κ3) is 4.79. The van der Waals surface area contributed by atoms with Crippen molar-refractivity contribution in [3.8, 4) is 11.8 Å². The van der Waals surface area contributed by atoms with Crippen LogP contribution in [0.4, 0.5) is 11.4 Å². The number of anilines is 1. The number of carbonyl (C=O) groups excluding carboxylic acids is 2. The quantitative estimate of drug-likeness (QED) is 0.470. The lowest BCUT2D eigenvalue weighted by Gasteiger charge is -2.15. The topological polar surface area (TPSA) is 132 Å². The largest absolute Gasteiger partial charge is 0.474 e. The molecule has 1 unspecified atom stereocenters. The van der Waals surface area contributed by atoms with Crippen molar-refractivity contribution in [1.29, 1.82) is 5.26 Å². The molecule has 0 spiro atoms. The number of nitrogens with zero attached hydrogens (tertiary/aromatic N) is 2. The Balaban J connectivity index is 2.14. The first kappa shape index (κ1) is 19.4. The first-order chi connectivity index (χ1) is 12.8. The van der Waals surface area contributed by atoms with Crippen molar-refractivity contribution in [2.75, 3.05) is 12.4 Å². The number of amides is 1. The number of carbonyl (C=O) groups is 2. The first-order valence-electron chi connectivity index (χ1n) is 7.70. The summed E-state index contributed by atoms with van der Waals surface area (Å²) in [6, 6.07) is 11.7. The normalized spacial score (nSPS) is 11.0. The van der Waals surface area contributed by atoms with Crippen LogP contribution in [0.5, 0.6) is 5.75 Å². The Bertz CT molecular complexity index is 918. The Labute approximate surface area is 154 Å². The van der Waals surface area contributed by atoms with Crippen LogP contribution in [0.3, 0.4) is 0 Å². The van der Waals surface area contributed by atoms with Crippen molar-refractivity contribution in [1.82, 2.24) is 0 Å². The average Bonchev–Trinajstić information content (AvgIpc) is 2.67. The fourth-order valence-electron chi connectivity index (χ4n) is 2.12. The SMILES string of the molecule is COC(=O)c1ccc(OC(C)C(=O)Nc2ccc(C#N)cc2)c([N+](=O)[O-])c1. The summed E-state index contributed by atoms with van der Waals surface area (Å²) in [5.41, 5.74) is 0.422. The van der Waals surface area contributed by atoms with Gasteiger partial charge in [-0.15, -0.1) is 0 Å². The second-order valence-electron chi connectivity index (χ2n) is 5.37. The number of hydrogen-bond donors (Lipinski definition) is 1. The second kappa shape index (κ2) is 8.44. The van der Waals surface area contributed by atoms with Crippen molar-refractivity contribution in [2.24, 2.45) is 0 Å². The number of nitriles is 1. The molecule has 2 aromatic carbocycles. The molecule has 0 aliphatic heterocycles. The fraction of sp³-hybridized carbons (Fsp3) is 0.167. The van der Waals surface area contributed by atoms with E-state index in [1.54, 1.807) is 12.1 Å². The molecule has 27 heavy (non-hydrogen) atoms. The second-order valence-corrected chi connectivity index (χ2v) is 5.37. The van der Waals surface area contributed by atoms with Crippen LogP contribution in [0.15, 0.2) is 42.5 Å². The Morgan fingerprint density at radius 1 is 1.22 bits per heavy atom. The van der Waals surface area contributed by atoms with Crippen molar-refractivity contribution in [3.63, 3.8) is 0 Å². The monoisotopic (exact) mass is 369 g/mol. The zero-order chi connectivity index (χ0) is 20.0. The summed E-state index contributed by atoms with van der Waals surface area (Å²) in [5, 5.41) is 22.6. The van der Waals surface area contributed by atoms with Crippen LogP contribution in [0.1, 0.15) is 22.8 Å². The van der Waals surface area contributed by atoms with Gasteiger partial charge in [-0.25, -0.2) is 4.79 Å². The molecule has 1 N–H and O–H groups in total. The number of nitrogens with one attached hydrogen (secondary N) is 1. The minimum atomic E-state index is -1.05. The molecule has 138 valence electrons. The first-order valence-corrected chi connectivity index (χ1v) is 7.70. The summed E-state index contributed by atoms with van der Waals surface area (Å²) in [4.78, 5) is 34.3. The van der Waals surface area contributed by atoms with Crippen molar-refractivity contribution in [3.05, 3.63) is 63.7 Å². The lowest BCUT2D eigenvalue weighted by Crippen LogP contribution is -2.30. The maximum Gasteiger partial charge on any atom is 0.338 e. The predicted molar refractivity (Wildman–Crippen MR) is 94.3 cm³/mol. The number of methoxy groups -OCH3 is 1. The molecule has 0 aliphatic rings. The van der Waals surface area contributed by atoms with E-state index >= 15 is 0 Å². The Hall–Kier alpha value is -3.93. The molecule has 9 nitrogen and oxygen atoms in total. The van der Waals surface area contributed by atoms with E-state index < -0.39 is 28.6 Å². The number of esters is 1. The van der Waals surface area contributed by atoms with Crippen LogP contribution in [0, 0.1) is 21.4 Å². The van der Waals surface area contributed by atoms with Crippen LogP contribution in [-0.2, 0) is 9.53 Å². The highest BCUT2D eigenvalue weighted by Gasteiger charge is 2.23. The summed E-state index contributed by atoms with van der Waals surface area (Å²) in [6.45, 7) is 1.43. The molecule has 0 saturated heterocycles. The van der Waals surface area contributed by atoms with Gasteiger partial charge in [0.15, 0.2) is 11.9 Å². The summed E-state index contributed by atoms with van der Waals surface area (Å²) in [5.74, 6) is -1.42. The van der Waals surface area contributed by atoms with Gasteiger partial charge in [0.25, 0.3) is 5.91 Å². The summed E-state index contributed by atoms with van der Waals surface area (Å²) < 4.78 is 9.92. The maximum atomic E-state index is 12.2. The lowest BCUT2D eigenvalue weighted by atomic mass is 10.2. The molecular weight excluding hydrogens is 354 g/mol. The highest BCUT2D eigenvalue weighted by molar-refractivity contribution is 5.94. The molecule has 0 aliphatic carbocycles. The standard InChI is InChI=1S/C18H15N3O6/c1-11(17(22)20-14-6-3-12(10-19)4-7-14)27-16-8-5-13(18(23)26-2)9-15(16)21(24)25/h3-9,11H,1-2H3,(H,20,22). The van der Waals surface area contributed by atoms with Gasteiger partial charge in [-0.05, 0) is 43.3 Å². The van der Waals surface area contributed by atoms with Crippen LogP contribution in [-0.4, -0.2) is 30.0 Å². The molecule has 0 aromatic heterocycles. The summed E-state index contributed by atoms with van der Waals surface area (Å²) in [6.07, 6.45) is -1.05. The minimum Gasteiger partial charge on any atom is -0.474 e. The number of benzene rings is 2. The smallest absolute Gasteiger partial charge is 0.338 e. The highest BCUT2D eigenvalue weighted by Crippen LogP contribution is 2.29. The third-order valence-corrected chi connectivity index (χ3v) is 3.53. The number of ether oxygens (including phenoxy) is 2.